The minimum Gasteiger partial charge on any atom is -0.497 e. The van der Waals surface area contributed by atoms with Gasteiger partial charge in [0.2, 0.25) is 0 Å². The molecule has 1 aromatic carbocycles. The van der Waals surface area contributed by atoms with E-state index in [0.717, 1.165) is 43.3 Å². The van der Waals surface area contributed by atoms with Crippen molar-refractivity contribution < 1.29 is 19.0 Å². The van der Waals surface area contributed by atoms with Gasteiger partial charge in [0.05, 0.1) is 23.8 Å². The number of carbonyl (C=O) groups is 1. The van der Waals surface area contributed by atoms with Crippen LogP contribution in [0.1, 0.15) is 37.3 Å². The van der Waals surface area contributed by atoms with Gasteiger partial charge >= 0.3 is 5.97 Å². The molecule has 0 spiro atoms. The van der Waals surface area contributed by atoms with E-state index in [1.807, 2.05) is 18.2 Å². The molecule has 2 aromatic heterocycles. The van der Waals surface area contributed by atoms with E-state index in [-0.39, 0.29) is 18.3 Å². The van der Waals surface area contributed by atoms with Crippen LogP contribution in [0.4, 0.5) is 4.39 Å². The number of hydrogen-bond donors (Lipinski definition) is 2. The fraction of sp³-hybridized carbons (Fsp3) is 0.444. The third-order valence-corrected chi connectivity index (χ3v) is 7.92. The Morgan fingerprint density at radius 3 is 2.92 bits per heavy atom. The number of hydrogen-bond acceptors (Lipinski definition) is 7. The maximum absolute atomic E-state index is 14.8. The van der Waals surface area contributed by atoms with Gasteiger partial charge < -0.3 is 20.5 Å². The number of thioether (sulfide) groups is 1. The fourth-order valence-corrected chi connectivity index (χ4v) is 5.98. The number of carboxylic acid groups (broad SMARTS) is 1. The SMILES string of the molecule is COc1ccc2ncc(F)c([C@@H](N)CC[C@@H]3CCN(CCSc4ccccn4)C[C@@H]3CC(=O)O)c2c1. The number of aromatic nitrogens is 2. The van der Waals surface area contributed by atoms with Gasteiger partial charge in [-0.2, -0.15) is 0 Å². The van der Waals surface area contributed by atoms with Crippen LogP contribution in [0.5, 0.6) is 5.75 Å². The number of halogens is 1. The zero-order valence-electron chi connectivity index (χ0n) is 20.5. The summed E-state index contributed by atoms with van der Waals surface area (Å²) in [5.41, 5.74) is 7.63. The summed E-state index contributed by atoms with van der Waals surface area (Å²) in [6.07, 6.45) is 5.38. The highest BCUT2D eigenvalue weighted by molar-refractivity contribution is 7.99. The molecule has 192 valence electrons. The van der Waals surface area contributed by atoms with E-state index in [1.165, 1.54) is 6.20 Å². The first-order valence-corrected chi connectivity index (χ1v) is 13.3. The van der Waals surface area contributed by atoms with E-state index in [2.05, 4.69) is 14.9 Å². The number of nitrogens with zero attached hydrogens (tertiary/aromatic N) is 3. The zero-order valence-corrected chi connectivity index (χ0v) is 21.3. The molecule has 0 unspecified atom stereocenters. The molecule has 1 aliphatic rings. The van der Waals surface area contributed by atoms with Gasteiger partial charge in [-0.25, -0.2) is 9.37 Å². The molecule has 7 nitrogen and oxygen atoms in total. The first-order chi connectivity index (χ1) is 17.4. The van der Waals surface area contributed by atoms with Crippen molar-refractivity contribution in [2.45, 2.75) is 36.8 Å². The smallest absolute Gasteiger partial charge is 0.303 e. The van der Waals surface area contributed by atoms with Gasteiger partial charge in [-0.05, 0) is 68.0 Å². The fourth-order valence-electron chi connectivity index (χ4n) is 5.12. The third kappa shape index (κ3) is 6.72. The topological polar surface area (TPSA) is 102 Å². The number of likely N-dealkylation sites (tertiary alicyclic amines) is 1. The Kier molecular flexibility index (Phi) is 9.12. The largest absolute Gasteiger partial charge is 0.497 e. The van der Waals surface area contributed by atoms with Gasteiger partial charge in [-0.1, -0.05) is 6.07 Å². The van der Waals surface area contributed by atoms with Gasteiger partial charge in [0, 0.05) is 48.5 Å². The zero-order chi connectivity index (χ0) is 25.5. The summed E-state index contributed by atoms with van der Waals surface area (Å²) in [5.74, 6) is 0.603. The van der Waals surface area contributed by atoms with Crippen molar-refractivity contribution in [3.63, 3.8) is 0 Å². The standard InChI is InChI=1S/C27H33FN4O3S/c1-35-20-6-8-24-21(15-20)27(22(28)16-31-24)23(29)7-5-18-9-11-32(17-19(18)14-26(33)34)12-13-36-25-4-2-3-10-30-25/h2-4,6,8,10,15-16,18-19,23H,5,7,9,11-14,17,29H2,1H3,(H,33,34)/t18-,19+,23+/m1/s1. The summed E-state index contributed by atoms with van der Waals surface area (Å²) in [6.45, 7) is 2.56. The molecule has 1 aliphatic heterocycles. The molecule has 0 radical (unpaired) electrons. The molecule has 3 aromatic rings. The maximum atomic E-state index is 14.8. The molecule has 3 N–H and O–H groups in total. The Bertz CT molecular complexity index is 1170. The predicted molar refractivity (Wildman–Crippen MR) is 140 cm³/mol. The highest BCUT2D eigenvalue weighted by Crippen LogP contribution is 2.35. The highest BCUT2D eigenvalue weighted by Gasteiger charge is 2.31. The van der Waals surface area contributed by atoms with Gasteiger partial charge in [0.15, 0.2) is 0 Å². The molecular weight excluding hydrogens is 479 g/mol. The number of nitrogens with two attached hydrogens (primary N) is 1. The Morgan fingerprint density at radius 2 is 2.17 bits per heavy atom. The van der Waals surface area contributed by atoms with Crippen LogP contribution in [-0.4, -0.2) is 58.4 Å². The molecular formula is C27H33FN4O3S. The number of rotatable bonds is 11. The van der Waals surface area contributed by atoms with E-state index in [0.29, 0.717) is 28.6 Å². The lowest BCUT2D eigenvalue weighted by atomic mass is 9.79. The second-order valence-electron chi connectivity index (χ2n) is 9.31. The monoisotopic (exact) mass is 512 g/mol. The summed E-state index contributed by atoms with van der Waals surface area (Å²) in [4.78, 5) is 22.5. The molecule has 36 heavy (non-hydrogen) atoms. The second-order valence-corrected chi connectivity index (χ2v) is 10.4. The van der Waals surface area contributed by atoms with Crippen LogP contribution in [0.25, 0.3) is 10.9 Å². The van der Waals surface area contributed by atoms with E-state index in [4.69, 9.17) is 10.5 Å². The van der Waals surface area contributed by atoms with Crippen LogP contribution in [0, 0.1) is 17.7 Å². The van der Waals surface area contributed by atoms with Crippen LogP contribution in [0.2, 0.25) is 0 Å². The first-order valence-electron chi connectivity index (χ1n) is 12.3. The number of aliphatic carboxylic acids is 1. The summed E-state index contributed by atoms with van der Waals surface area (Å²) in [6, 6.07) is 10.7. The lowest BCUT2D eigenvalue weighted by Crippen LogP contribution is -2.42. The van der Waals surface area contributed by atoms with Gasteiger partial charge in [0.1, 0.15) is 11.6 Å². The third-order valence-electron chi connectivity index (χ3n) is 6.99. The van der Waals surface area contributed by atoms with Crippen molar-refractivity contribution in [1.82, 2.24) is 14.9 Å². The van der Waals surface area contributed by atoms with Gasteiger partial charge in [-0.3, -0.25) is 9.78 Å². The van der Waals surface area contributed by atoms with E-state index in [1.54, 1.807) is 43.3 Å². The van der Waals surface area contributed by atoms with Crippen molar-refractivity contribution in [1.29, 1.82) is 0 Å². The summed E-state index contributed by atoms with van der Waals surface area (Å²) >= 11 is 1.71. The van der Waals surface area contributed by atoms with Crippen molar-refractivity contribution in [2.24, 2.45) is 17.6 Å². The quantitative estimate of drug-likeness (QED) is 0.355. The second kappa shape index (κ2) is 12.5. The number of methoxy groups -OCH3 is 1. The summed E-state index contributed by atoms with van der Waals surface area (Å²) in [5, 5.41) is 11.2. The van der Waals surface area contributed by atoms with Crippen molar-refractivity contribution in [3.8, 4) is 5.75 Å². The van der Waals surface area contributed by atoms with Crippen LogP contribution in [-0.2, 0) is 4.79 Å². The number of carboxylic acids is 1. The number of piperidine rings is 1. The van der Waals surface area contributed by atoms with Crippen molar-refractivity contribution in [2.75, 3.05) is 32.5 Å². The Hall–Kier alpha value is -2.75. The molecule has 3 atom stereocenters. The Morgan fingerprint density at radius 1 is 1.31 bits per heavy atom. The van der Waals surface area contributed by atoms with Gasteiger partial charge in [0.25, 0.3) is 0 Å². The molecule has 4 rings (SSSR count). The maximum Gasteiger partial charge on any atom is 0.303 e. The molecule has 9 heteroatoms. The normalized spacial score (nSPS) is 19.3. The number of ether oxygens (including phenoxy) is 1. The lowest BCUT2D eigenvalue weighted by molar-refractivity contribution is -0.139. The average molecular weight is 513 g/mol. The molecule has 0 saturated carbocycles. The van der Waals surface area contributed by atoms with E-state index < -0.39 is 17.8 Å². The first kappa shape index (κ1) is 26.3. The lowest BCUT2D eigenvalue weighted by Gasteiger charge is -2.38. The molecule has 1 saturated heterocycles. The number of fused-ring (bicyclic) bond motifs is 1. The van der Waals surface area contributed by atoms with Crippen molar-refractivity contribution in [3.05, 3.63) is 60.2 Å². The molecule has 0 bridgehead atoms. The van der Waals surface area contributed by atoms with Crippen molar-refractivity contribution >= 4 is 28.6 Å². The highest BCUT2D eigenvalue weighted by atomic mass is 32.2. The Balaban J connectivity index is 1.38. The minimum absolute atomic E-state index is 0.0439. The van der Waals surface area contributed by atoms with E-state index in [9.17, 15) is 14.3 Å². The molecule has 0 amide bonds. The Labute approximate surface area is 215 Å². The van der Waals surface area contributed by atoms with E-state index >= 15 is 0 Å². The number of benzene rings is 1. The number of pyridine rings is 2. The predicted octanol–water partition coefficient (Wildman–Crippen LogP) is 4.76. The summed E-state index contributed by atoms with van der Waals surface area (Å²) in [7, 11) is 1.57. The van der Waals surface area contributed by atoms with Gasteiger partial charge in [-0.15, -0.1) is 11.8 Å². The van der Waals surface area contributed by atoms with Crippen LogP contribution >= 0.6 is 11.8 Å². The average Bonchev–Trinajstić information content (AvgIpc) is 2.88. The molecule has 1 fully saturated rings. The van der Waals surface area contributed by atoms with Crippen LogP contribution < -0.4 is 10.5 Å². The van der Waals surface area contributed by atoms with Crippen LogP contribution in [0.15, 0.2) is 53.8 Å². The molecule has 0 aliphatic carbocycles. The van der Waals surface area contributed by atoms with Crippen LogP contribution in [0.3, 0.4) is 0 Å². The minimum atomic E-state index is -0.780. The summed E-state index contributed by atoms with van der Waals surface area (Å²) < 4.78 is 20.1. The molecule has 3 heterocycles.